The molecule has 0 bridgehead atoms. The number of primary amides is 1. The Bertz CT molecular complexity index is 682. The number of nitrogens with zero attached hydrogens (tertiary/aromatic N) is 1. The van der Waals surface area contributed by atoms with Gasteiger partial charge in [0.25, 0.3) is 0 Å². The normalized spacial score (nSPS) is 12.1. The zero-order valence-electron chi connectivity index (χ0n) is 13.1. The minimum absolute atomic E-state index is 0.0490. The lowest BCUT2D eigenvalue weighted by Crippen LogP contribution is -2.48. The Morgan fingerprint density at radius 2 is 1.77 bits per heavy atom. The molecule has 0 radical (unpaired) electrons. The number of nitrogens with two attached hydrogens (primary N) is 1. The van der Waals surface area contributed by atoms with Gasteiger partial charge in [-0.15, -0.1) is 0 Å². The Morgan fingerprint density at radius 3 is 2.36 bits per heavy atom. The van der Waals surface area contributed by atoms with E-state index in [1.54, 1.807) is 11.8 Å². The molecule has 22 heavy (non-hydrogen) atoms. The summed E-state index contributed by atoms with van der Waals surface area (Å²) in [5.74, 6) is -0.510. The molecule has 4 nitrogen and oxygen atoms in total. The fourth-order valence-electron chi connectivity index (χ4n) is 2.73. The van der Waals surface area contributed by atoms with Gasteiger partial charge in [-0.2, -0.15) is 0 Å². The van der Waals surface area contributed by atoms with Gasteiger partial charge in [-0.25, -0.2) is 0 Å². The van der Waals surface area contributed by atoms with Crippen LogP contribution in [0, 0.1) is 0 Å². The summed E-state index contributed by atoms with van der Waals surface area (Å²) >= 11 is 0. The van der Waals surface area contributed by atoms with Crippen LogP contribution in [-0.4, -0.2) is 29.3 Å². The van der Waals surface area contributed by atoms with Crippen LogP contribution < -0.4 is 5.73 Å². The quantitative estimate of drug-likeness (QED) is 0.890. The predicted molar refractivity (Wildman–Crippen MR) is 88.3 cm³/mol. The van der Waals surface area contributed by atoms with Crippen LogP contribution in [0.2, 0.25) is 0 Å². The minimum atomic E-state index is -0.599. The summed E-state index contributed by atoms with van der Waals surface area (Å²) in [5.41, 5.74) is 6.54. The minimum Gasteiger partial charge on any atom is -0.368 e. The average molecular weight is 298 g/mol. The number of benzene rings is 2. The van der Waals surface area contributed by atoms with Crippen molar-refractivity contribution in [3.05, 3.63) is 48.0 Å². The lowest BCUT2D eigenvalue weighted by atomic mass is 10.00. The number of hydrogen-bond acceptors (Lipinski definition) is 2. The molecule has 0 aliphatic rings. The maximum atomic E-state index is 12.0. The monoisotopic (exact) mass is 298 g/mol. The van der Waals surface area contributed by atoms with E-state index in [-0.39, 0.29) is 5.91 Å². The van der Waals surface area contributed by atoms with Crippen LogP contribution in [0.1, 0.15) is 25.8 Å². The standard InChI is InChI=1S/C18H22N2O2/c1-3-17(21)20(4-2)16(18(19)22)12-13-9-10-14-7-5-6-8-15(14)11-13/h5-11,16H,3-4,12H2,1-2H3,(H2,19,22). The first kappa shape index (κ1) is 16.0. The first-order chi connectivity index (χ1) is 10.6. The lowest BCUT2D eigenvalue weighted by Gasteiger charge is -2.28. The van der Waals surface area contributed by atoms with Gasteiger partial charge in [0.2, 0.25) is 11.8 Å². The van der Waals surface area contributed by atoms with E-state index in [4.69, 9.17) is 5.73 Å². The van der Waals surface area contributed by atoms with Crippen molar-refractivity contribution >= 4 is 22.6 Å². The molecule has 0 aliphatic heterocycles. The van der Waals surface area contributed by atoms with E-state index in [0.29, 0.717) is 19.4 Å². The highest BCUT2D eigenvalue weighted by molar-refractivity contribution is 5.87. The Hall–Kier alpha value is -2.36. The van der Waals surface area contributed by atoms with E-state index in [9.17, 15) is 9.59 Å². The van der Waals surface area contributed by atoms with Gasteiger partial charge in [-0.1, -0.05) is 49.4 Å². The summed E-state index contributed by atoms with van der Waals surface area (Å²) in [6.07, 6.45) is 0.815. The van der Waals surface area contributed by atoms with Gasteiger partial charge in [0.1, 0.15) is 6.04 Å². The number of hydrogen-bond donors (Lipinski definition) is 1. The van der Waals surface area contributed by atoms with Gasteiger partial charge >= 0.3 is 0 Å². The van der Waals surface area contributed by atoms with Crippen molar-refractivity contribution in [1.82, 2.24) is 4.90 Å². The molecule has 1 atom stereocenters. The summed E-state index contributed by atoms with van der Waals surface area (Å²) in [6.45, 7) is 4.14. The number of fused-ring (bicyclic) bond motifs is 1. The first-order valence-electron chi connectivity index (χ1n) is 7.63. The lowest BCUT2D eigenvalue weighted by molar-refractivity contribution is -0.138. The van der Waals surface area contributed by atoms with Crippen LogP contribution in [0.5, 0.6) is 0 Å². The third-order valence-electron chi connectivity index (χ3n) is 3.91. The van der Waals surface area contributed by atoms with Crippen molar-refractivity contribution in [2.45, 2.75) is 32.7 Å². The van der Waals surface area contributed by atoms with Crippen LogP contribution in [0.15, 0.2) is 42.5 Å². The first-order valence-corrected chi connectivity index (χ1v) is 7.63. The molecule has 0 spiro atoms. The third kappa shape index (κ3) is 3.45. The molecular weight excluding hydrogens is 276 g/mol. The molecule has 4 heteroatoms. The molecule has 0 aliphatic carbocycles. The van der Waals surface area contributed by atoms with Crippen molar-refractivity contribution in [2.24, 2.45) is 5.73 Å². The van der Waals surface area contributed by atoms with Crippen molar-refractivity contribution in [3.63, 3.8) is 0 Å². The maximum absolute atomic E-state index is 12.0. The Labute approximate surface area is 130 Å². The van der Waals surface area contributed by atoms with Crippen molar-refractivity contribution in [3.8, 4) is 0 Å². The second-order valence-electron chi connectivity index (χ2n) is 5.34. The molecule has 2 rings (SSSR count). The fourth-order valence-corrected chi connectivity index (χ4v) is 2.73. The molecule has 0 saturated carbocycles. The van der Waals surface area contributed by atoms with E-state index in [1.807, 2.05) is 43.3 Å². The van der Waals surface area contributed by atoms with Gasteiger partial charge in [-0.05, 0) is 23.3 Å². The van der Waals surface area contributed by atoms with E-state index in [1.165, 1.54) is 0 Å². The molecule has 2 amide bonds. The number of likely N-dealkylation sites (N-methyl/N-ethyl adjacent to an activating group) is 1. The van der Waals surface area contributed by atoms with Gasteiger partial charge in [0.05, 0.1) is 0 Å². The van der Waals surface area contributed by atoms with Crippen molar-refractivity contribution in [2.75, 3.05) is 6.54 Å². The smallest absolute Gasteiger partial charge is 0.240 e. The molecule has 0 heterocycles. The van der Waals surface area contributed by atoms with Crippen LogP contribution >= 0.6 is 0 Å². The molecular formula is C18H22N2O2. The topological polar surface area (TPSA) is 63.4 Å². The number of amides is 2. The summed E-state index contributed by atoms with van der Waals surface area (Å²) in [6, 6.07) is 13.5. The average Bonchev–Trinajstić information content (AvgIpc) is 2.54. The summed E-state index contributed by atoms with van der Waals surface area (Å²) in [5, 5.41) is 2.27. The molecule has 2 aromatic carbocycles. The molecule has 1 unspecified atom stereocenters. The van der Waals surface area contributed by atoms with E-state index < -0.39 is 11.9 Å². The SMILES string of the molecule is CCC(=O)N(CC)C(Cc1ccc2ccccc2c1)C(N)=O. The van der Waals surface area contributed by atoms with E-state index >= 15 is 0 Å². The largest absolute Gasteiger partial charge is 0.368 e. The highest BCUT2D eigenvalue weighted by Gasteiger charge is 2.26. The van der Waals surface area contributed by atoms with Crippen molar-refractivity contribution in [1.29, 1.82) is 0 Å². The van der Waals surface area contributed by atoms with Gasteiger partial charge < -0.3 is 10.6 Å². The highest BCUT2D eigenvalue weighted by Crippen LogP contribution is 2.18. The molecule has 116 valence electrons. The van der Waals surface area contributed by atoms with Crippen LogP contribution in [0.4, 0.5) is 0 Å². The number of rotatable bonds is 6. The summed E-state index contributed by atoms with van der Waals surface area (Å²) in [7, 11) is 0. The molecule has 2 aromatic rings. The Balaban J connectivity index is 2.29. The summed E-state index contributed by atoms with van der Waals surface area (Å²) < 4.78 is 0. The second-order valence-corrected chi connectivity index (χ2v) is 5.34. The molecule has 0 fully saturated rings. The van der Waals surface area contributed by atoms with E-state index in [2.05, 4.69) is 6.07 Å². The highest BCUT2D eigenvalue weighted by atomic mass is 16.2. The fraction of sp³-hybridized carbons (Fsp3) is 0.333. The Kier molecular flexibility index (Phi) is 5.15. The van der Waals surface area contributed by atoms with Gasteiger partial charge in [0.15, 0.2) is 0 Å². The Morgan fingerprint density at radius 1 is 1.09 bits per heavy atom. The zero-order valence-corrected chi connectivity index (χ0v) is 13.1. The maximum Gasteiger partial charge on any atom is 0.240 e. The third-order valence-corrected chi connectivity index (χ3v) is 3.91. The molecule has 2 N–H and O–H groups in total. The second kappa shape index (κ2) is 7.07. The van der Waals surface area contributed by atoms with Crippen LogP contribution in [0.3, 0.4) is 0 Å². The molecule has 0 saturated heterocycles. The van der Waals surface area contributed by atoms with Crippen LogP contribution in [-0.2, 0) is 16.0 Å². The van der Waals surface area contributed by atoms with Gasteiger partial charge in [-0.3, -0.25) is 9.59 Å². The summed E-state index contributed by atoms with van der Waals surface area (Å²) in [4.78, 5) is 25.4. The van der Waals surface area contributed by atoms with E-state index in [0.717, 1.165) is 16.3 Å². The van der Waals surface area contributed by atoms with Crippen molar-refractivity contribution < 1.29 is 9.59 Å². The zero-order chi connectivity index (χ0) is 16.1. The molecule has 0 aromatic heterocycles. The number of carbonyl (C=O) groups excluding carboxylic acids is 2. The predicted octanol–water partition coefficient (Wildman–Crippen LogP) is 2.49. The van der Waals surface area contributed by atoms with Gasteiger partial charge in [0, 0.05) is 19.4 Å². The van der Waals surface area contributed by atoms with Crippen LogP contribution in [0.25, 0.3) is 10.8 Å². The number of carbonyl (C=O) groups is 2.